The number of hydrogen-bond donors (Lipinski definition) is 2. The number of nitro groups is 1. The molecule has 1 amide bonds. The van der Waals surface area contributed by atoms with Gasteiger partial charge >= 0.3 is 0 Å². The van der Waals surface area contributed by atoms with Crippen LogP contribution in [0.15, 0.2) is 46.9 Å². The fourth-order valence-corrected chi connectivity index (χ4v) is 3.12. The van der Waals surface area contributed by atoms with Gasteiger partial charge in [0, 0.05) is 29.4 Å². The molecule has 0 aromatic heterocycles. The number of halogens is 1. The van der Waals surface area contributed by atoms with Crippen LogP contribution in [0.4, 0.5) is 17.1 Å². The van der Waals surface area contributed by atoms with Crippen molar-refractivity contribution in [2.24, 2.45) is 0 Å². The van der Waals surface area contributed by atoms with Gasteiger partial charge in [-0.3, -0.25) is 14.9 Å². The van der Waals surface area contributed by atoms with Crippen molar-refractivity contribution >= 4 is 38.9 Å². The molecule has 1 aliphatic heterocycles. The number of rotatable bonds is 6. The Morgan fingerprint density at radius 3 is 2.88 bits per heavy atom. The number of nitrogens with zero attached hydrogens (tertiary/aromatic N) is 1. The fraction of sp³-hybridized carbons (Fsp3) is 0.278. The summed E-state index contributed by atoms with van der Waals surface area (Å²) in [7, 11) is 0. The Bertz CT molecular complexity index is 822. The van der Waals surface area contributed by atoms with Crippen LogP contribution in [0.1, 0.15) is 18.4 Å². The zero-order valence-electron chi connectivity index (χ0n) is 13.9. The second kappa shape index (κ2) is 8.29. The van der Waals surface area contributed by atoms with Gasteiger partial charge in [-0.05, 0) is 42.7 Å². The molecule has 1 aliphatic rings. The summed E-state index contributed by atoms with van der Waals surface area (Å²) in [6.07, 6.45) is 1.25. The predicted molar refractivity (Wildman–Crippen MR) is 102 cm³/mol. The third-order valence-corrected chi connectivity index (χ3v) is 4.55. The molecule has 1 saturated heterocycles. The molecule has 2 aromatic carbocycles. The standard InChI is InChI=1S/C18H18BrN3O4/c19-13-6-7-15(16(10-13)22(24)25)20-11-12-3-1-4-14(9-12)21-18(23)17-5-2-8-26-17/h1,3-4,6-7,9-10,17,20H,2,5,8,11H2,(H,21,23). The van der Waals surface area contributed by atoms with E-state index in [1.807, 2.05) is 18.2 Å². The van der Waals surface area contributed by atoms with Crippen LogP contribution in [0.2, 0.25) is 0 Å². The molecule has 7 nitrogen and oxygen atoms in total. The average molecular weight is 420 g/mol. The van der Waals surface area contributed by atoms with Gasteiger partial charge in [0.25, 0.3) is 11.6 Å². The molecule has 136 valence electrons. The van der Waals surface area contributed by atoms with E-state index in [1.165, 1.54) is 6.07 Å². The first-order valence-corrected chi connectivity index (χ1v) is 9.01. The number of carbonyl (C=O) groups is 1. The Hall–Kier alpha value is -2.45. The summed E-state index contributed by atoms with van der Waals surface area (Å²) in [4.78, 5) is 22.9. The van der Waals surface area contributed by atoms with Crippen molar-refractivity contribution in [3.8, 4) is 0 Å². The monoisotopic (exact) mass is 419 g/mol. The first-order valence-electron chi connectivity index (χ1n) is 8.22. The van der Waals surface area contributed by atoms with E-state index in [0.717, 1.165) is 18.4 Å². The Balaban J connectivity index is 1.66. The highest BCUT2D eigenvalue weighted by Gasteiger charge is 2.23. The smallest absolute Gasteiger partial charge is 0.293 e. The highest BCUT2D eigenvalue weighted by atomic mass is 79.9. The predicted octanol–water partition coefficient (Wildman–Crippen LogP) is 4.09. The highest BCUT2D eigenvalue weighted by molar-refractivity contribution is 9.10. The van der Waals surface area contributed by atoms with E-state index >= 15 is 0 Å². The quantitative estimate of drug-likeness (QED) is 0.543. The summed E-state index contributed by atoms with van der Waals surface area (Å²) in [6, 6.07) is 12.2. The molecule has 1 heterocycles. The zero-order chi connectivity index (χ0) is 18.5. The molecule has 3 rings (SSSR count). The summed E-state index contributed by atoms with van der Waals surface area (Å²) in [5.41, 5.74) is 2.01. The molecule has 2 aromatic rings. The van der Waals surface area contributed by atoms with Gasteiger partial charge in [-0.1, -0.05) is 28.1 Å². The van der Waals surface area contributed by atoms with E-state index in [-0.39, 0.29) is 17.7 Å². The molecule has 0 spiro atoms. The second-order valence-electron chi connectivity index (χ2n) is 5.96. The number of benzene rings is 2. The largest absolute Gasteiger partial charge is 0.375 e. The van der Waals surface area contributed by atoms with E-state index in [4.69, 9.17) is 4.74 Å². The van der Waals surface area contributed by atoms with Gasteiger partial charge in [-0.2, -0.15) is 0 Å². The Morgan fingerprint density at radius 2 is 2.15 bits per heavy atom. The number of hydrogen-bond acceptors (Lipinski definition) is 5. The molecular weight excluding hydrogens is 402 g/mol. The van der Waals surface area contributed by atoms with E-state index in [2.05, 4.69) is 26.6 Å². The molecule has 0 bridgehead atoms. The van der Waals surface area contributed by atoms with Crippen molar-refractivity contribution < 1.29 is 14.5 Å². The number of amides is 1. The number of nitro benzene ring substituents is 1. The maximum absolute atomic E-state index is 12.1. The van der Waals surface area contributed by atoms with Crippen molar-refractivity contribution in [2.75, 3.05) is 17.2 Å². The molecule has 0 radical (unpaired) electrons. The van der Waals surface area contributed by atoms with Crippen LogP contribution in [-0.2, 0) is 16.1 Å². The minimum absolute atomic E-state index is 0.00205. The average Bonchev–Trinajstić information content (AvgIpc) is 3.15. The Morgan fingerprint density at radius 1 is 1.31 bits per heavy atom. The Labute approximate surface area is 159 Å². The van der Waals surface area contributed by atoms with E-state index in [9.17, 15) is 14.9 Å². The topological polar surface area (TPSA) is 93.5 Å². The van der Waals surface area contributed by atoms with Crippen LogP contribution in [0, 0.1) is 10.1 Å². The summed E-state index contributed by atoms with van der Waals surface area (Å²) in [5, 5.41) is 17.1. The molecule has 26 heavy (non-hydrogen) atoms. The maximum atomic E-state index is 12.1. The molecule has 1 atom stereocenters. The third kappa shape index (κ3) is 4.59. The SMILES string of the molecule is O=C(Nc1cccc(CNc2ccc(Br)cc2[N+](=O)[O-])c1)C1CCCO1. The summed E-state index contributed by atoms with van der Waals surface area (Å²) in [6.45, 7) is 1.01. The lowest BCUT2D eigenvalue weighted by Crippen LogP contribution is -2.26. The summed E-state index contributed by atoms with van der Waals surface area (Å²) >= 11 is 3.24. The summed E-state index contributed by atoms with van der Waals surface area (Å²) < 4.78 is 6.02. The number of anilines is 2. The minimum atomic E-state index is -0.425. The number of ether oxygens (including phenoxy) is 1. The van der Waals surface area contributed by atoms with Crippen LogP contribution in [0.5, 0.6) is 0 Å². The van der Waals surface area contributed by atoms with Crippen LogP contribution in [-0.4, -0.2) is 23.5 Å². The molecule has 8 heteroatoms. The lowest BCUT2D eigenvalue weighted by molar-refractivity contribution is -0.384. The van der Waals surface area contributed by atoms with Gasteiger partial charge in [0.1, 0.15) is 11.8 Å². The first-order chi connectivity index (χ1) is 12.5. The van der Waals surface area contributed by atoms with Crippen LogP contribution in [0.25, 0.3) is 0 Å². The minimum Gasteiger partial charge on any atom is -0.375 e. The fourth-order valence-electron chi connectivity index (χ4n) is 2.77. The normalized spacial score (nSPS) is 16.3. The lowest BCUT2D eigenvalue weighted by Gasteiger charge is -2.12. The lowest BCUT2D eigenvalue weighted by atomic mass is 10.1. The van der Waals surface area contributed by atoms with Gasteiger partial charge in [0.05, 0.1) is 4.92 Å². The zero-order valence-corrected chi connectivity index (χ0v) is 15.5. The van der Waals surface area contributed by atoms with Gasteiger partial charge in [0.15, 0.2) is 0 Å². The van der Waals surface area contributed by atoms with E-state index in [0.29, 0.717) is 29.0 Å². The van der Waals surface area contributed by atoms with Crippen molar-refractivity contribution in [2.45, 2.75) is 25.5 Å². The summed E-state index contributed by atoms with van der Waals surface area (Å²) in [5.74, 6) is -0.142. The third-order valence-electron chi connectivity index (χ3n) is 4.06. The van der Waals surface area contributed by atoms with Crippen molar-refractivity contribution in [3.05, 3.63) is 62.6 Å². The molecule has 0 saturated carbocycles. The van der Waals surface area contributed by atoms with Gasteiger partial charge in [-0.25, -0.2) is 0 Å². The highest BCUT2D eigenvalue weighted by Crippen LogP contribution is 2.28. The molecule has 2 N–H and O–H groups in total. The van der Waals surface area contributed by atoms with Crippen LogP contribution >= 0.6 is 15.9 Å². The van der Waals surface area contributed by atoms with Crippen molar-refractivity contribution in [1.29, 1.82) is 0 Å². The molecule has 0 aliphatic carbocycles. The number of nitrogens with one attached hydrogen (secondary N) is 2. The van der Waals surface area contributed by atoms with Crippen molar-refractivity contribution in [1.82, 2.24) is 0 Å². The Kier molecular flexibility index (Phi) is 5.85. The van der Waals surface area contributed by atoms with Gasteiger partial charge in [0.2, 0.25) is 0 Å². The van der Waals surface area contributed by atoms with Crippen LogP contribution in [0.3, 0.4) is 0 Å². The first kappa shape index (κ1) is 18.3. The van der Waals surface area contributed by atoms with E-state index in [1.54, 1.807) is 18.2 Å². The second-order valence-corrected chi connectivity index (χ2v) is 6.88. The molecule has 1 fully saturated rings. The maximum Gasteiger partial charge on any atom is 0.293 e. The molecular formula is C18H18BrN3O4. The van der Waals surface area contributed by atoms with Crippen molar-refractivity contribution in [3.63, 3.8) is 0 Å². The van der Waals surface area contributed by atoms with Gasteiger partial charge < -0.3 is 15.4 Å². The van der Waals surface area contributed by atoms with Gasteiger partial charge in [-0.15, -0.1) is 0 Å². The molecule has 1 unspecified atom stereocenters. The van der Waals surface area contributed by atoms with E-state index < -0.39 is 4.92 Å². The number of carbonyl (C=O) groups excluding carboxylic acids is 1. The van der Waals surface area contributed by atoms with Crippen LogP contribution < -0.4 is 10.6 Å².